The molecule has 1 N–H and O–H groups in total. The Balaban J connectivity index is 1.41. The zero-order valence-corrected chi connectivity index (χ0v) is 18.5. The Morgan fingerprint density at radius 1 is 1.12 bits per heavy atom. The topological polar surface area (TPSA) is 63.5 Å². The largest absolute Gasteiger partial charge is 0.497 e. The lowest BCUT2D eigenvalue weighted by Gasteiger charge is -2.51. The van der Waals surface area contributed by atoms with Crippen molar-refractivity contribution in [3.05, 3.63) is 54.4 Å². The van der Waals surface area contributed by atoms with Crippen molar-refractivity contribution >= 4 is 11.2 Å². The number of fused-ring (bicyclic) bond motifs is 3. The van der Waals surface area contributed by atoms with Gasteiger partial charge >= 0.3 is 0 Å². The SMILES string of the molecule is COc1ccc(CN2N(c3cc4cccnn4c3)NOC23CC2CCC3CC2)c(OC)c1. The quantitative estimate of drug-likeness (QED) is 0.651. The van der Waals surface area contributed by atoms with Gasteiger partial charge in [0.15, 0.2) is 5.72 Å². The highest BCUT2D eigenvalue weighted by Crippen LogP contribution is 2.53. The molecule has 3 aromatic rings. The third-order valence-electron chi connectivity index (χ3n) is 7.47. The maximum absolute atomic E-state index is 6.49. The number of methoxy groups -OCH3 is 2. The van der Waals surface area contributed by atoms with Gasteiger partial charge in [-0.2, -0.15) is 10.1 Å². The van der Waals surface area contributed by atoms with Crippen LogP contribution in [0.15, 0.2) is 48.8 Å². The van der Waals surface area contributed by atoms with Crippen molar-refractivity contribution in [3.63, 3.8) is 0 Å². The van der Waals surface area contributed by atoms with E-state index in [9.17, 15) is 0 Å². The van der Waals surface area contributed by atoms with E-state index in [4.69, 9.17) is 14.3 Å². The second kappa shape index (κ2) is 7.65. The van der Waals surface area contributed by atoms with Crippen LogP contribution in [0.25, 0.3) is 5.52 Å². The highest BCUT2D eigenvalue weighted by Gasteiger charge is 2.58. The maximum atomic E-state index is 6.49. The summed E-state index contributed by atoms with van der Waals surface area (Å²) in [6.45, 7) is 0.656. The molecule has 8 heteroatoms. The van der Waals surface area contributed by atoms with E-state index in [-0.39, 0.29) is 5.72 Å². The van der Waals surface area contributed by atoms with E-state index in [0.29, 0.717) is 18.4 Å². The van der Waals surface area contributed by atoms with E-state index in [1.807, 2.05) is 28.9 Å². The van der Waals surface area contributed by atoms with Crippen LogP contribution >= 0.6 is 0 Å². The number of rotatable bonds is 5. The molecule has 3 saturated carbocycles. The molecular weight excluding hydrogens is 406 g/mol. The molecule has 0 radical (unpaired) electrons. The van der Waals surface area contributed by atoms with Gasteiger partial charge < -0.3 is 9.47 Å². The van der Waals surface area contributed by atoms with Gasteiger partial charge in [0.2, 0.25) is 0 Å². The molecule has 7 rings (SSSR count). The van der Waals surface area contributed by atoms with Gasteiger partial charge in [0.25, 0.3) is 0 Å². The Hall–Kier alpha value is -2.81. The summed E-state index contributed by atoms with van der Waals surface area (Å²) in [6.07, 6.45) is 9.87. The van der Waals surface area contributed by atoms with Crippen LogP contribution in [0.1, 0.15) is 37.7 Å². The lowest BCUT2D eigenvalue weighted by atomic mass is 9.65. The molecule has 4 fully saturated rings. The molecule has 1 aromatic carbocycles. The van der Waals surface area contributed by atoms with E-state index in [0.717, 1.165) is 34.7 Å². The fourth-order valence-corrected chi connectivity index (χ4v) is 5.82. The zero-order valence-electron chi connectivity index (χ0n) is 18.5. The molecule has 0 amide bonds. The van der Waals surface area contributed by atoms with Crippen LogP contribution < -0.4 is 20.2 Å². The predicted molar refractivity (Wildman–Crippen MR) is 120 cm³/mol. The first kappa shape index (κ1) is 19.8. The minimum atomic E-state index is -0.367. The molecule has 1 atom stereocenters. The molecule has 1 unspecified atom stereocenters. The molecule has 2 aromatic heterocycles. The number of hydrogen-bond acceptors (Lipinski definition) is 7. The number of nitrogens with zero attached hydrogens (tertiary/aromatic N) is 4. The van der Waals surface area contributed by atoms with E-state index < -0.39 is 0 Å². The van der Waals surface area contributed by atoms with Gasteiger partial charge in [0.1, 0.15) is 11.5 Å². The third-order valence-corrected chi connectivity index (χ3v) is 7.47. The van der Waals surface area contributed by atoms with E-state index in [1.165, 1.54) is 25.7 Å². The normalized spacial score (nSPS) is 27.5. The number of hydrogen-bond donors (Lipinski definition) is 1. The first-order valence-corrected chi connectivity index (χ1v) is 11.4. The molecule has 1 aliphatic heterocycles. The van der Waals surface area contributed by atoms with Crippen LogP contribution in [0.4, 0.5) is 5.69 Å². The first-order valence-electron chi connectivity index (χ1n) is 11.4. The average Bonchev–Trinajstić information content (AvgIpc) is 3.42. The second-order valence-corrected chi connectivity index (χ2v) is 9.10. The Bertz CT molecular complexity index is 1090. The molecule has 3 heterocycles. The molecule has 1 saturated heterocycles. The van der Waals surface area contributed by atoms with Crippen LogP contribution in [0, 0.1) is 11.8 Å². The first-order chi connectivity index (χ1) is 15.7. The number of aromatic nitrogens is 2. The van der Waals surface area contributed by atoms with Crippen molar-refractivity contribution in [2.75, 3.05) is 19.3 Å². The van der Waals surface area contributed by atoms with Crippen LogP contribution in [0.5, 0.6) is 11.5 Å². The third kappa shape index (κ3) is 3.05. The molecule has 32 heavy (non-hydrogen) atoms. The average molecular weight is 436 g/mol. The number of anilines is 1. The lowest BCUT2D eigenvalue weighted by Crippen LogP contribution is -2.59. The maximum Gasteiger partial charge on any atom is 0.166 e. The van der Waals surface area contributed by atoms with E-state index >= 15 is 0 Å². The molecule has 3 aliphatic carbocycles. The summed E-state index contributed by atoms with van der Waals surface area (Å²) in [5, 5.41) is 8.86. The number of nitrogens with one attached hydrogen (secondary N) is 1. The van der Waals surface area contributed by atoms with Gasteiger partial charge in [-0.1, -0.05) is 11.7 Å². The van der Waals surface area contributed by atoms with Gasteiger partial charge in [-0.05, 0) is 62.3 Å². The lowest BCUT2D eigenvalue weighted by molar-refractivity contribution is -0.201. The highest BCUT2D eigenvalue weighted by molar-refractivity contribution is 5.60. The smallest absolute Gasteiger partial charge is 0.166 e. The molecule has 4 aliphatic rings. The van der Waals surface area contributed by atoms with Crippen molar-refractivity contribution in [3.8, 4) is 11.5 Å². The summed E-state index contributed by atoms with van der Waals surface area (Å²) in [7, 11) is 3.38. The predicted octanol–water partition coefficient (Wildman–Crippen LogP) is 3.93. The van der Waals surface area contributed by atoms with Gasteiger partial charge in [-0.25, -0.2) is 9.63 Å². The minimum Gasteiger partial charge on any atom is -0.497 e. The fraction of sp³-hybridized carbons (Fsp3) is 0.458. The highest BCUT2D eigenvalue weighted by atomic mass is 16.8. The van der Waals surface area contributed by atoms with Gasteiger partial charge in [0.05, 0.1) is 38.2 Å². The van der Waals surface area contributed by atoms with Crippen LogP contribution in [-0.2, 0) is 11.4 Å². The Morgan fingerprint density at radius 3 is 2.72 bits per heavy atom. The zero-order chi connectivity index (χ0) is 21.7. The summed E-state index contributed by atoms with van der Waals surface area (Å²) in [5.41, 5.74) is 6.02. The van der Waals surface area contributed by atoms with Crippen molar-refractivity contribution in [2.45, 2.75) is 44.4 Å². The van der Waals surface area contributed by atoms with E-state index in [1.54, 1.807) is 20.4 Å². The van der Waals surface area contributed by atoms with Crippen molar-refractivity contribution < 1.29 is 14.3 Å². The molecule has 168 valence electrons. The van der Waals surface area contributed by atoms with E-state index in [2.05, 4.69) is 39.0 Å². The second-order valence-electron chi connectivity index (χ2n) is 9.10. The summed E-state index contributed by atoms with van der Waals surface area (Å²) in [6, 6.07) is 12.2. The van der Waals surface area contributed by atoms with Gasteiger partial charge in [0, 0.05) is 23.7 Å². The monoisotopic (exact) mass is 435 g/mol. The van der Waals surface area contributed by atoms with Crippen molar-refractivity contribution in [1.29, 1.82) is 0 Å². The molecular formula is C24H29N5O3. The number of ether oxygens (including phenoxy) is 2. The molecule has 1 spiro atoms. The number of hydrazine groups is 2. The summed E-state index contributed by atoms with van der Waals surface area (Å²) >= 11 is 0. The summed E-state index contributed by atoms with van der Waals surface area (Å²) in [4.78, 5) is 6.49. The van der Waals surface area contributed by atoms with Crippen LogP contribution in [0.3, 0.4) is 0 Å². The van der Waals surface area contributed by atoms with Crippen LogP contribution in [-0.4, -0.2) is 34.6 Å². The summed E-state index contributed by atoms with van der Waals surface area (Å²) in [5.74, 6) is 2.80. The number of benzene rings is 1. The Morgan fingerprint density at radius 2 is 2.00 bits per heavy atom. The Labute approximate surface area is 187 Å². The Kier molecular flexibility index (Phi) is 4.74. The molecule has 2 bridgehead atoms. The van der Waals surface area contributed by atoms with Crippen molar-refractivity contribution in [2.24, 2.45) is 11.8 Å². The van der Waals surface area contributed by atoms with Gasteiger partial charge in [-0.3, -0.25) is 4.84 Å². The summed E-state index contributed by atoms with van der Waals surface area (Å²) < 4.78 is 13.0. The van der Waals surface area contributed by atoms with Gasteiger partial charge in [-0.15, -0.1) is 0 Å². The standard InChI is InChI=1S/C24H29N5O3/c1-30-22-10-7-18(23(13-22)31-2)15-28-24(14-17-5-8-19(24)9-6-17)32-26-29(28)21-12-20-4-3-11-25-27(20)16-21/h3-4,7,10-13,16-17,19,26H,5-6,8-9,14-15H2,1-2H3. The minimum absolute atomic E-state index is 0.367. The molecule has 8 nitrogen and oxygen atoms in total. The van der Waals surface area contributed by atoms with Crippen LogP contribution in [0.2, 0.25) is 0 Å². The fourth-order valence-electron chi connectivity index (χ4n) is 5.82. The van der Waals surface area contributed by atoms with Crippen molar-refractivity contribution in [1.82, 2.24) is 20.2 Å².